The summed E-state index contributed by atoms with van der Waals surface area (Å²) in [6, 6.07) is 17.2. The van der Waals surface area contributed by atoms with Crippen molar-refractivity contribution < 1.29 is 9.53 Å². The van der Waals surface area contributed by atoms with Crippen molar-refractivity contribution in [2.45, 2.75) is 26.2 Å². The highest BCUT2D eigenvalue weighted by Crippen LogP contribution is 2.25. The van der Waals surface area contributed by atoms with Gasteiger partial charge >= 0.3 is 0 Å². The van der Waals surface area contributed by atoms with Gasteiger partial charge in [-0.25, -0.2) is 9.97 Å². The Morgan fingerprint density at radius 2 is 1.77 bits per heavy atom. The largest absolute Gasteiger partial charge is 0.484 e. The summed E-state index contributed by atoms with van der Waals surface area (Å²) < 4.78 is 5.39. The lowest BCUT2D eigenvalue weighted by atomic mass is 10.1. The highest BCUT2D eigenvalue weighted by Gasteiger charge is 2.10. The van der Waals surface area contributed by atoms with Crippen molar-refractivity contribution in [3.8, 4) is 5.75 Å². The van der Waals surface area contributed by atoms with Crippen molar-refractivity contribution in [3.63, 3.8) is 0 Å². The van der Waals surface area contributed by atoms with E-state index in [0.29, 0.717) is 17.4 Å². The van der Waals surface area contributed by atoms with Gasteiger partial charge in [-0.2, -0.15) is 0 Å². The van der Waals surface area contributed by atoms with Crippen LogP contribution < -0.4 is 26.6 Å². The van der Waals surface area contributed by atoms with E-state index in [4.69, 9.17) is 10.5 Å². The van der Waals surface area contributed by atoms with Crippen LogP contribution in [0.4, 0.5) is 23.0 Å². The molecule has 0 aliphatic rings. The molecule has 0 saturated carbocycles. The molecule has 2 aromatic carbocycles. The number of hydrogen-bond acceptors (Lipinski definition) is 7. The predicted molar refractivity (Wildman–Crippen MR) is 118 cm³/mol. The molecule has 156 valence electrons. The Kier molecular flexibility index (Phi) is 7.43. The Bertz CT molecular complexity index is 948. The van der Waals surface area contributed by atoms with E-state index in [9.17, 15) is 4.79 Å². The number of nitrogen functional groups attached to an aromatic ring is 1. The number of para-hydroxylation sites is 1. The second kappa shape index (κ2) is 10.7. The molecule has 0 spiro atoms. The number of carbonyl (C=O) groups excluding carboxylic acids is 1. The van der Waals surface area contributed by atoms with Crippen LogP contribution in [0, 0.1) is 0 Å². The van der Waals surface area contributed by atoms with Gasteiger partial charge in [-0.05, 0) is 42.7 Å². The number of ether oxygens (including phenoxy) is 1. The first-order valence-electron chi connectivity index (χ1n) is 9.85. The quantitative estimate of drug-likeness (QED) is 0.380. The number of unbranched alkanes of at least 4 members (excludes halogenated alkanes) is 1. The number of nitrogens with two attached hydrogens (primary N) is 1. The van der Waals surface area contributed by atoms with Crippen LogP contribution in [0.3, 0.4) is 0 Å². The van der Waals surface area contributed by atoms with Gasteiger partial charge in [0.2, 0.25) is 0 Å². The van der Waals surface area contributed by atoms with Gasteiger partial charge in [0.05, 0.1) is 0 Å². The number of hydrogen-bond donors (Lipinski definition) is 4. The molecule has 0 saturated heterocycles. The number of aryl methyl sites for hydroxylation is 1. The molecule has 1 heterocycles. The van der Waals surface area contributed by atoms with Crippen LogP contribution in [0.15, 0.2) is 60.9 Å². The number of nitrogens with one attached hydrogen (secondary N) is 3. The summed E-state index contributed by atoms with van der Waals surface area (Å²) in [6.07, 6.45) is 4.77. The van der Waals surface area contributed by atoms with E-state index in [1.54, 1.807) is 12.1 Å². The Morgan fingerprint density at radius 1 is 1.03 bits per heavy atom. The van der Waals surface area contributed by atoms with Gasteiger partial charge in [0.15, 0.2) is 18.2 Å². The Balaban J connectivity index is 1.54. The lowest BCUT2D eigenvalue weighted by Gasteiger charge is -2.13. The Hall–Kier alpha value is -3.81. The molecule has 0 atom stereocenters. The summed E-state index contributed by atoms with van der Waals surface area (Å²) in [5.74, 6) is 0.985. The van der Waals surface area contributed by atoms with E-state index in [1.807, 2.05) is 30.3 Å². The first-order chi connectivity index (χ1) is 14.7. The summed E-state index contributed by atoms with van der Waals surface area (Å²) in [6.45, 7) is 2.04. The molecule has 0 unspecified atom stereocenters. The van der Waals surface area contributed by atoms with Gasteiger partial charge in [-0.3, -0.25) is 15.6 Å². The minimum atomic E-state index is -0.367. The molecule has 0 fully saturated rings. The molecule has 8 heteroatoms. The maximum atomic E-state index is 12.0. The molecule has 1 amide bonds. The van der Waals surface area contributed by atoms with Crippen LogP contribution in [0.25, 0.3) is 0 Å². The zero-order valence-electron chi connectivity index (χ0n) is 16.9. The summed E-state index contributed by atoms with van der Waals surface area (Å²) in [5, 5.41) is 3.18. The van der Waals surface area contributed by atoms with Crippen LogP contribution in [0.1, 0.15) is 25.3 Å². The third-order valence-electron chi connectivity index (χ3n) is 4.35. The molecule has 0 aliphatic carbocycles. The minimum absolute atomic E-state index is 0.141. The molecular formula is C22H26N6O2. The van der Waals surface area contributed by atoms with Crippen molar-refractivity contribution in [2.24, 2.45) is 0 Å². The third kappa shape index (κ3) is 6.10. The fourth-order valence-electron chi connectivity index (χ4n) is 2.70. The Morgan fingerprint density at radius 3 is 2.50 bits per heavy atom. The minimum Gasteiger partial charge on any atom is -0.484 e. The van der Waals surface area contributed by atoms with Gasteiger partial charge in [0.1, 0.15) is 17.8 Å². The van der Waals surface area contributed by atoms with Crippen molar-refractivity contribution in [2.75, 3.05) is 23.1 Å². The summed E-state index contributed by atoms with van der Waals surface area (Å²) in [5.41, 5.74) is 13.8. The van der Waals surface area contributed by atoms with Gasteiger partial charge in [-0.15, -0.1) is 0 Å². The van der Waals surface area contributed by atoms with E-state index in [2.05, 4.69) is 45.2 Å². The first kappa shape index (κ1) is 20.9. The molecular weight excluding hydrogens is 380 g/mol. The zero-order chi connectivity index (χ0) is 21.2. The van der Waals surface area contributed by atoms with E-state index in [0.717, 1.165) is 12.1 Å². The van der Waals surface area contributed by atoms with Crippen molar-refractivity contribution >= 4 is 28.9 Å². The summed E-state index contributed by atoms with van der Waals surface area (Å²) in [7, 11) is 0. The smallest absolute Gasteiger partial charge is 0.276 e. The molecule has 0 bridgehead atoms. The molecule has 5 N–H and O–H groups in total. The lowest BCUT2D eigenvalue weighted by Crippen LogP contribution is -2.34. The number of aromatic nitrogens is 2. The van der Waals surface area contributed by atoms with E-state index < -0.39 is 0 Å². The third-order valence-corrected chi connectivity index (χ3v) is 4.35. The van der Waals surface area contributed by atoms with E-state index in [-0.39, 0.29) is 18.2 Å². The second-order valence-corrected chi connectivity index (χ2v) is 6.68. The average Bonchev–Trinajstić information content (AvgIpc) is 2.78. The zero-order valence-corrected chi connectivity index (χ0v) is 16.9. The van der Waals surface area contributed by atoms with Crippen molar-refractivity contribution in [1.82, 2.24) is 15.4 Å². The first-order valence-corrected chi connectivity index (χ1v) is 9.85. The summed E-state index contributed by atoms with van der Waals surface area (Å²) >= 11 is 0. The van der Waals surface area contributed by atoms with E-state index >= 15 is 0 Å². The normalized spacial score (nSPS) is 10.3. The van der Waals surface area contributed by atoms with Gasteiger partial charge in [0, 0.05) is 5.69 Å². The standard InChI is InChI=1S/C22H26N6O2/c1-2-3-7-16-10-12-17(13-11-16)26-21-20(23)22(25-15-24-21)28-27-19(29)14-30-18-8-5-4-6-9-18/h4-6,8-13,15H,2-3,7,14,23H2,1H3,(H,27,29)(H2,24,25,26,28). The highest BCUT2D eigenvalue weighted by atomic mass is 16.5. The predicted octanol–water partition coefficient (Wildman–Crippen LogP) is 3.67. The molecule has 30 heavy (non-hydrogen) atoms. The van der Waals surface area contributed by atoms with Crippen LogP contribution in [0.2, 0.25) is 0 Å². The highest BCUT2D eigenvalue weighted by molar-refractivity contribution is 5.82. The average molecular weight is 406 g/mol. The van der Waals surface area contributed by atoms with Crippen molar-refractivity contribution in [3.05, 3.63) is 66.5 Å². The summed E-state index contributed by atoms with van der Waals surface area (Å²) in [4.78, 5) is 20.2. The number of rotatable bonds is 10. The Labute approximate surface area is 175 Å². The molecule has 1 aromatic heterocycles. The number of anilines is 4. The molecule has 3 aromatic rings. The number of amides is 1. The molecule has 0 radical (unpaired) electrons. The topological polar surface area (TPSA) is 114 Å². The fourth-order valence-corrected chi connectivity index (χ4v) is 2.70. The van der Waals surface area contributed by atoms with E-state index in [1.165, 1.54) is 24.7 Å². The number of benzene rings is 2. The monoisotopic (exact) mass is 406 g/mol. The fraction of sp³-hybridized carbons (Fsp3) is 0.227. The van der Waals surface area contributed by atoms with Crippen LogP contribution in [-0.2, 0) is 11.2 Å². The molecule has 0 aliphatic heterocycles. The van der Waals surface area contributed by atoms with Crippen LogP contribution in [0.5, 0.6) is 5.75 Å². The van der Waals surface area contributed by atoms with Gasteiger partial charge in [-0.1, -0.05) is 43.7 Å². The maximum absolute atomic E-state index is 12.0. The lowest BCUT2D eigenvalue weighted by molar-refractivity contribution is -0.122. The maximum Gasteiger partial charge on any atom is 0.276 e. The van der Waals surface area contributed by atoms with Gasteiger partial charge in [0.25, 0.3) is 5.91 Å². The SMILES string of the molecule is CCCCc1ccc(Nc2ncnc(NNC(=O)COc3ccccc3)c2N)cc1. The number of hydrazine groups is 1. The van der Waals surface area contributed by atoms with Crippen LogP contribution in [-0.4, -0.2) is 22.5 Å². The van der Waals surface area contributed by atoms with Crippen molar-refractivity contribution in [1.29, 1.82) is 0 Å². The number of carbonyl (C=O) groups is 1. The number of nitrogens with zero attached hydrogens (tertiary/aromatic N) is 2. The molecule has 8 nitrogen and oxygen atoms in total. The second-order valence-electron chi connectivity index (χ2n) is 6.68. The van der Waals surface area contributed by atoms with Gasteiger partial charge < -0.3 is 15.8 Å². The molecule has 3 rings (SSSR count). The van der Waals surface area contributed by atoms with Crippen LogP contribution >= 0.6 is 0 Å².